The smallest absolute Gasteiger partial charge is 0.310 e. The van der Waals surface area contributed by atoms with Gasteiger partial charge in [-0.2, -0.15) is 0 Å². The van der Waals surface area contributed by atoms with Crippen LogP contribution in [0.2, 0.25) is 0 Å². The molecule has 3 heteroatoms. The SMILES string of the molecule is CC1CCC(COC(=O)C2CC(C)(C)NC2(C)C)CC1. The summed E-state index contributed by atoms with van der Waals surface area (Å²) in [7, 11) is 0. The van der Waals surface area contributed by atoms with Gasteiger partial charge in [0.1, 0.15) is 0 Å². The Labute approximate surface area is 123 Å². The van der Waals surface area contributed by atoms with Gasteiger partial charge in [0.25, 0.3) is 0 Å². The van der Waals surface area contributed by atoms with E-state index in [4.69, 9.17) is 4.74 Å². The fourth-order valence-corrected chi connectivity index (χ4v) is 3.95. The first-order valence-corrected chi connectivity index (χ1v) is 8.15. The Hall–Kier alpha value is -0.570. The molecule has 1 heterocycles. The molecule has 1 atom stereocenters. The molecule has 1 unspecified atom stereocenters. The van der Waals surface area contributed by atoms with E-state index in [1.165, 1.54) is 25.7 Å². The van der Waals surface area contributed by atoms with E-state index in [2.05, 4.69) is 39.9 Å². The zero-order valence-corrected chi connectivity index (χ0v) is 13.8. The molecule has 0 aromatic rings. The second-order valence-electron chi connectivity index (χ2n) is 8.24. The molecular weight excluding hydrogens is 250 g/mol. The molecule has 0 spiro atoms. The van der Waals surface area contributed by atoms with Crippen LogP contribution in [0.4, 0.5) is 0 Å². The van der Waals surface area contributed by atoms with Gasteiger partial charge in [0.15, 0.2) is 0 Å². The van der Waals surface area contributed by atoms with Crippen LogP contribution in [0.25, 0.3) is 0 Å². The number of rotatable bonds is 3. The van der Waals surface area contributed by atoms with Crippen LogP contribution >= 0.6 is 0 Å². The highest BCUT2D eigenvalue weighted by molar-refractivity contribution is 5.74. The lowest BCUT2D eigenvalue weighted by atomic mass is 9.83. The first kappa shape index (κ1) is 15.8. The number of esters is 1. The van der Waals surface area contributed by atoms with Crippen LogP contribution in [0.5, 0.6) is 0 Å². The lowest BCUT2D eigenvalue weighted by molar-refractivity contribution is -0.152. The number of carbonyl (C=O) groups excluding carboxylic acids is 1. The molecule has 0 bridgehead atoms. The van der Waals surface area contributed by atoms with Crippen molar-refractivity contribution in [2.45, 2.75) is 77.8 Å². The molecule has 2 fully saturated rings. The molecule has 0 amide bonds. The maximum absolute atomic E-state index is 12.4. The fourth-order valence-electron chi connectivity index (χ4n) is 3.95. The highest BCUT2D eigenvalue weighted by Gasteiger charge is 2.48. The summed E-state index contributed by atoms with van der Waals surface area (Å²) in [5.74, 6) is 1.40. The van der Waals surface area contributed by atoms with Crippen LogP contribution in [0, 0.1) is 17.8 Å². The van der Waals surface area contributed by atoms with Gasteiger partial charge in [-0.15, -0.1) is 0 Å². The molecule has 1 saturated carbocycles. The molecule has 116 valence electrons. The highest BCUT2D eigenvalue weighted by Crippen LogP contribution is 2.37. The van der Waals surface area contributed by atoms with Gasteiger partial charge in [0.05, 0.1) is 12.5 Å². The van der Waals surface area contributed by atoms with Crippen LogP contribution in [0.15, 0.2) is 0 Å². The topological polar surface area (TPSA) is 38.3 Å². The average Bonchev–Trinajstić information content (AvgIpc) is 2.56. The Morgan fingerprint density at radius 2 is 1.75 bits per heavy atom. The Balaban J connectivity index is 1.83. The number of hydrogen-bond acceptors (Lipinski definition) is 3. The predicted molar refractivity (Wildman–Crippen MR) is 81.5 cm³/mol. The molecule has 20 heavy (non-hydrogen) atoms. The Morgan fingerprint density at radius 1 is 1.15 bits per heavy atom. The molecule has 2 rings (SSSR count). The Kier molecular flexibility index (Phi) is 4.48. The van der Waals surface area contributed by atoms with E-state index < -0.39 is 0 Å². The number of ether oxygens (including phenoxy) is 1. The monoisotopic (exact) mass is 281 g/mol. The van der Waals surface area contributed by atoms with Crippen LogP contribution in [0.3, 0.4) is 0 Å². The van der Waals surface area contributed by atoms with E-state index in [9.17, 15) is 4.79 Å². The number of nitrogens with one attached hydrogen (secondary N) is 1. The highest BCUT2D eigenvalue weighted by atomic mass is 16.5. The zero-order valence-electron chi connectivity index (χ0n) is 13.8. The summed E-state index contributed by atoms with van der Waals surface area (Å²) in [6.07, 6.45) is 5.86. The molecule has 1 aliphatic carbocycles. The van der Waals surface area contributed by atoms with Crippen LogP contribution < -0.4 is 5.32 Å². The van der Waals surface area contributed by atoms with Crippen molar-refractivity contribution in [1.82, 2.24) is 5.32 Å². The van der Waals surface area contributed by atoms with Gasteiger partial charge in [-0.05, 0) is 58.8 Å². The molecular formula is C17H31NO2. The van der Waals surface area contributed by atoms with Crippen molar-refractivity contribution in [1.29, 1.82) is 0 Å². The van der Waals surface area contributed by atoms with Crippen molar-refractivity contribution in [2.24, 2.45) is 17.8 Å². The fraction of sp³-hybridized carbons (Fsp3) is 0.941. The maximum Gasteiger partial charge on any atom is 0.310 e. The van der Waals surface area contributed by atoms with Crippen LogP contribution in [-0.4, -0.2) is 23.7 Å². The normalized spacial score (nSPS) is 35.8. The third-order valence-corrected chi connectivity index (χ3v) is 5.13. The minimum Gasteiger partial charge on any atom is -0.465 e. The minimum atomic E-state index is -0.165. The van der Waals surface area contributed by atoms with Gasteiger partial charge >= 0.3 is 5.97 Å². The Morgan fingerprint density at radius 3 is 2.25 bits per heavy atom. The van der Waals surface area contributed by atoms with E-state index in [1.807, 2.05) is 0 Å². The molecule has 0 radical (unpaired) electrons. The standard InChI is InChI=1S/C17H31NO2/c1-12-6-8-13(9-7-12)11-20-15(19)14-10-16(2,3)18-17(14,4)5/h12-14,18H,6-11H2,1-5H3. The zero-order chi connectivity index (χ0) is 15.0. The van der Waals surface area contributed by atoms with E-state index in [1.54, 1.807) is 0 Å². The van der Waals surface area contributed by atoms with Gasteiger partial charge in [-0.1, -0.05) is 19.8 Å². The molecule has 1 N–H and O–H groups in total. The van der Waals surface area contributed by atoms with Crippen molar-refractivity contribution in [3.8, 4) is 0 Å². The lowest BCUT2D eigenvalue weighted by Gasteiger charge is -2.29. The largest absolute Gasteiger partial charge is 0.465 e. The summed E-state index contributed by atoms with van der Waals surface area (Å²) in [5.41, 5.74) is -0.144. The third kappa shape index (κ3) is 3.75. The maximum atomic E-state index is 12.4. The molecule has 2 aliphatic rings. The summed E-state index contributed by atoms with van der Waals surface area (Å²) < 4.78 is 5.65. The van der Waals surface area contributed by atoms with Crippen molar-refractivity contribution in [3.05, 3.63) is 0 Å². The molecule has 3 nitrogen and oxygen atoms in total. The summed E-state index contributed by atoms with van der Waals surface area (Å²) >= 11 is 0. The molecule has 0 aromatic heterocycles. The van der Waals surface area contributed by atoms with Crippen LogP contribution in [0.1, 0.15) is 66.7 Å². The van der Waals surface area contributed by atoms with Gasteiger partial charge in [-0.25, -0.2) is 0 Å². The lowest BCUT2D eigenvalue weighted by Crippen LogP contribution is -2.46. The molecule has 0 aromatic carbocycles. The van der Waals surface area contributed by atoms with E-state index >= 15 is 0 Å². The quantitative estimate of drug-likeness (QED) is 0.804. The first-order chi connectivity index (χ1) is 9.20. The summed E-state index contributed by atoms with van der Waals surface area (Å²) in [5, 5.41) is 3.54. The second-order valence-corrected chi connectivity index (χ2v) is 8.24. The van der Waals surface area contributed by atoms with E-state index in [0.717, 1.165) is 12.3 Å². The Bertz CT molecular complexity index is 354. The number of carbonyl (C=O) groups is 1. The van der Waals surface area contributed by atoms with Gasteiger partial charge < -0.3 is 10.1 Å². The molecule has 1 saturated heterocycles. The third-order valence-electron chi connectivity index (χ3n) is 5.13. The van der Waals surface area contributed by atoms with Crippen molar-refractivity contribution >= 4 is 5.97 Å². The van der Waals surface area contributed by atoms with Crippen molar-refractivity contribution in [3.63, 3.8) is 0 Å². The minimum absolute atomic E-state index is 0.00769. The molecule has 1 aliphatic heterocycles. The van der Waals surface area contributed by atoms with Crippen molar-refractivity contribution in [2.75, 3.05) is 6.61 Å². The van der Waals surface area contributed by atoms with Crippen molar-refractivity contribution < 1.29 is 9.53 Å². The van der Waals surface area contributed by atoms with Crippen LogP contribution in [-0.2, 0) is 9.53 Å². The van der Waals surface area contributed by atoms with Gasteiger partial charge in [0, 0.05) is 11.1 Å². The predicted octanol–water partition coefficient (Wildman–Crippen LogP) is 3.52. The summed E-state index contributed by atoms with van der Waals surface area (Å²) in [4.78, 5) is 12.4. The second kappa shape index (κ2) is 5.67. The first-order valence-electron chi connectivity index (χ1n) is 8.15. The average molecular weight is 281 g/mol. The van der Waals surface area contributed by atoms with Gasteiger partial charge in [0.2, 0.25) is 0 Å². The summed E-state index contributed by atoms with van der Waals surface area (Å²) in [6.45, 7) is 11.5. The summed E-state index contributed by atoms with van der Waals surface area (Å²) in [6, 6.07) is 0. The van der Waals surface area contributed by atoms with E-state index in [-0.39, 0.29) is 23.0 Å². The van der Waals surface area contributed by atoms with E-state index in [0.29, 0.717) is 12.5 Å². The van der Waals surface area contributed by atoms with Gasteiger partial charge in [-0.3, -0.25) is 4.79 Å². The number of hydrogen-bond donors (Lipinski definition) is 1.